The van der Waals surface area contributed by atoms with E-state index in [4.69, 9.17) is 21.6 Å². The number of allylic oxidation sites excluding steroid dienone is 9. The minimum atomic E-state index is -0.649. The first-order chi connectivity index (χ1) is 17.4. The van der Waals surface area contributed by atoms with Crippen LogP contribution in [0.2, 0.25) is 0 Å². The molecule has 1 aliphatic rings. The Labute approximate surface area is 215 Å². The molecule has 36 heavy (non-hydrogen) atoms. The topological polar surface area (TPSA) is 101 Å². The monoisotopic (exact) mass is 502 g/mol. The Morgan fingerprint density at radius 1 is 1.17 bits per heavy atom. The van der Waals surface area contributed by atoms with E-state index >= 15 is 0 Å². The van der Waals surface area contributed by atoms with Crippen molar-refractivity contribution in [3.63, 3.8) is 0 Å². The zero-order valence-corrected chi connectivity index (χ0v) is 20.8. The molecule has 0 radical (unpaired) electrons. The number of carbonyl (C=O) groups excluding carboxylic acids is 2. The highest BCUT2D eigenvalue weighted by molar-refractivity contribution is 6.29. The SMILES string of the molecule is C=C/C(=C\C=C(/C)Cl)C(=O)Nc1ccc2nc(C3=CC=CCC=C3)c(CCCCC(=O)N=O)nc2c1. The largest absolute Gasteiger partial charge is 0.322 e. The van der Waals surface area contributed by atoms with Crippen LogP contribution >= 0.6 is 11.6 Å². The van der Waals surface area contributed by atoms with Gasteiger partial charge in [0, 0.05) is 33.5 Å². The van der Waals surface area contributed by atoms with Gasteiger partial charge in [0.1, 0.15) is 0 Å². The highest BCUT2D eigenvalue weighted by Crippen LogP contribution is 2.26. The standard InChI is InChI=1S/C28H27ClN4O3/c1-3-20(15-14-19(2)29)28(35)30-22-16-17-23-25(18-22)31-24(12-8-9-13-26(34)33-36)27(32-23)21-10-6-4-5-7-11-21/h3-4,6-7,10-11,14-18H,1,5,8-9,12-13H2,2H3,(H,30,35)/b19-14+,20-15+. The van der Waals surface area contributed by atoms with E-state index < -0.39 is 5.91 Å². The Bertz CT molecular complexity index is 1330. The second kappa shape index (κ2) is 13.2. The number of anilines is 1. The van der Waals surface area contributed by atoms with Crippen LogP contribution in [0.25, 0.3) is 16.6 Å². The van der Waals surface area contributed by atoms with Crippen molar-refractivity contribution >= 4 is 45.7 Å². The molecule has 0 fully saturated rings. The maximum Gasteiger partial charge on any atom is 0.286 e. The number of carbonyl (C=O) groups is 2. The van der Waals surface area contributed by atoms with Gasteiger partial charge in [-0.25, -0.2) is 9.97 Å². The summed E-state index contributed by atoms with van der Waals surface area (Å²) in [4.78, 5) is 44.0. The molecule has 2 amide bonds. The minimum absolute atomic E-state index is 0.110. The van der Waals surface area contributed by atoms with Crippen LogP contribution in [0, 0.1) is 4.91 Å². The quantitative estimate of drug-likeness (QED) is 0.168. The van der Waals surface area contributed by atoms with E-state index in [1.807, 2.05) is 24.3 Å². The first-order valence-corrected chi connectivity index (χ1v) is 12.0. The molecule has 1 heterocycles. The molecule has 2 aromatic rings. The van der Waals surface area contributed by atoms with Gasteiger partial charge in [-0.05, 0) is 63.0 Å². The summed E-state index contributed by atoms with van der Waals surface area (Å²) in [5.74, 6) is -0.971. The average molecular weight is 503 g/mol. The fourth-order valence-electron chi connectivity index (χ4n) is 3.57. The number of nitrogens with one attached hydrogen (secondary N) is 1. The maximum absolute atomic E-state index is 12.7. The van der Waals surface area contributed by atoms with Gasteiger partial charge < -0.3 is 5.32 Å². The summed E-state index contributed by atoms with van der Waals surface area (Å²) in [6, 6.07) is 5.36. The van der Waals surface area contributed by atoms with Crippen LogP contribution in [0.15, 0.2) is 89.2 Å². The molecule has 0 bridgehead atoms. The molecule has 0 saturated heterocycles. The third-order valence-corrected chi connectivity index (χ3v) is 5.51. The molecular weight excluding hydrogens is 476 g/mol. The van der Waals surface area contributed by atoms with Crippen LogP contribution in [0.3, 0.4) is 0 Å². The molecule has 184 valence electrons. The molecule has 0 unspecified atom stereocenters. The van der Waals surface area contributed by atoms with Crippen molar-refractivity contribution in [2.75, 3.05) is 5.32 Å². The van der Waals surface area contributed by atoms with Gasteiger partial charge in [0.15, 0.2) is 0 Å². The zero-order chi connectivity index (χ0) is 25.9. The van der Waals surface area contributed by atoms with Crippen LogP contribution in [-0.4, -0.2) is 21.8 Å². The van der Waals surface area contributed by atoms with Crippen molar-refractivity contribution in [1.29, 1.82) is 0 Å². The molecule has 1 N–H and O–H groups in total. The molecule has 0 saturated carbocycles. The number of rotatable bonds is 10. The highest BCUT2D eigenvalue weighted by atomic mass is 35.5. The van der Waals surface area contributed by atoms with Crippen LogP contribution < -0.4 is 5.32 Å². The van der Waals surface area contributed by atoms with E-state index in [2.05, 4.69) is 29.2 Å². The van der Waals surface area contributed by atoms with Gasteiger partial charge in [0.05, 0.1) is 22.4 Å². The predicted octanol–water partition coefficient (Wildman–Crippen LogP) is 6.73. The summed E-state index contributed by atoms with van der Waals surface area (Å²) in [5, 5.41) is 5.86. The van der Waals surface area contributed by atoms with Crippen molar-refractivity contribution in [1.82, 2.24) is 9.97 Å². The molecular formula is C28H27ClN4O3. The Balaban J connectivity index is 1.92. The lowest BCUT2D eigenvalue weighted by atomic mass is 10.0. The third-order valence-electron chi connectivity index (χ3n) is 5.38. The number of amides is 2. The van der Waals surface area contributed by atoms with Crippen LogP contribution in [0.4, 0.5) is 5.69 Å². The van der Waals surface area contributed by atoms with E-state index in [0.717, 1.165) is 23.4 Å². The summed E-state index contributed by atoms with van der Waals surface area (Å²) in [5.41, 5.74) is 4.75. The maximum atomic E-state index is 12.7. The molecule has 1 aromatic carbocycles. The van der Waals surface area contributed by atoms with Crippen LogP contribution in [-0.2, 0) is 16.0 Å². The lowest BCUT2D eigenvalue weighted by Crippen LogP contribution is -2.13. The Hall–Kier alpha value is -3.97. The lowest BCUT2D eigenvalue weighted by Gasteiger charge is -2.12. The molecule has 3 rings (SSSR count). The lowest BCUT2D eigenvalue weighted by molar-refractivity contribution is -0.118. The zero-order valence-electron chi connectivity index (χ0n) is 20.0. The first kappa shape index (κ1) is 26.6. The number of nitrogens with zero attached hydrogens (tertiary/aromatic N) is 3. The number of aryl methyl sites for hydroxylation is 1. The van der Waals surface area contributed by atoms with Crippen LogP contribution in [0.1, 0.15) is 44.0 Å². The van der Waals surface area contributed by atoms with Crippen molar-refractivity contribution in [2.45, 2.75) is 39.0 Å². The van der Waals surface area contributed by atoms with Gasteiger partial charge in [-0.1, -0.05) is 54.6 Å². The fourth-order valence-corrected chi connectivity index (χ4v) is 3.63. The van der Waals surface area contributed by atoms with E-state index in [-0.39, 0.29) is 12.3 Å². The number of unbranched alkanes of at least 4 members (excludes halogenated alkanes) is 1. The Morgan fingerprint density at radius 2 is 2.00 bits per heavy atom. The van der Waals surface area contributed by atoms with Gasteiger partial charge in [-0.3, -0.25) is 9.59 Å². The van der Waals surface area contributed by atoms with E-state index in [9.17, 15) is 14.5 Å². The number of halogens is 1. The van der Waals surface area contributed by atoms with Gasteiger partial charge in [0.2, 0.25) is 0 Å². The van der Waals surface area contributed by atoms with E-state index in [1.54, 1.807) is 31.2 Å². The minimum Gasteiger partial charge on any atom is -0.322 e. The fraction of sp³-hybridized carbons (Fsp3) is 0.214. The number of nitroso groups, excluding NO2 is 1. The predicted molar refractivity (Wildman–Crippen MR) is 145 cm³/mol. The van der Waals surface area contributed by atoms with Crippen molar-refractivity contribution in [3.05, 3.63) is 100 Å². The van der Waals surface area contributed by atoms with Crippen molar-refractivity contribution in [3.8, 4) is 0 Å². The summed E-state index contributed by atoms with van der Waals surface area (Å²) >= 11 is 5.86. The highest BCUT2D eigenvalue weighted by Gasteiger charge is 2.14. The summed E-state index contributed by atoms with van der Waals surface area (Å²) in [6.07, 6.45) is 17.5. The summed E-state index contributed by atoms with van der Waals surface area (Å²) < 4.78 is 0. The molecule has 1 aliphatic carbocycles. The van der Waals surface area contributed by atoms with E-state index in [1.165, 1.54) is 6.08 Å². The van der Waals surface area contributed by atoms with E-state index in [0.29, 0.717) is 46.6 Å². The molecule has 8 heteroatoms. The van der Waals surface area contributed by atoms with Crippen molar-refractivity contribution < 1.29 is 9.59 Å². The number of benzene rings is 1. The number of aromatic nitrogens is 2. The van der Waals surface area contributed by atoms with Crippen LogP contribution in [0.5, 0.6) is 0 Å². The third kappa shape index (κ3) is 7.52. The second-order valence-electron chi connectivity index (χ2n) is 8.14. The van der Waals surface area contributed by atoms with Gasteiger partial charge >= 0.3 is 0 Å². The normalized spacial score (nSPS) is 13.8. The number of hydrogen-bond donors (Lipinski definition) is 1. The molecule has 7 nitrogen and oxygen atoms in total. The first-order valence-electron chi connectivity index (χ1n) is 11.6. The average Bonchev–Trinajstić information content (AvgIpc) is 3.15. The second-order valence-corrected chi connectivity index (χ2v) is 8.73. The summed E-state index contributed by atoms with van der Waals surface area (Å²) in [6.45, 7) is 5.41. The number of hydrogen-bond acceptors (Lipinski definition) is 5. The Kier molecular flexibility index (Phi) is 9.77. The molecule has 0 aliphatic heterocycles. The molecule has 0 atom stereocenters. The number of fused-ring (bicyclic) bond motifs is 1. The van der Waals surface area contributed by atoms with Crippen molar-refractivity contribution in [2.24, 2.45) is 5.18 Å². The van der Waals surface area contributed by atoms with Gasteiger partial charge in [-0.2, -0.15) is 0 Å². The molecule has 1 aromatic heterocycles. The molecule has 0 spiro atoms. The van der Waals surface area contributed by atoms with Gasteiger partial charge in [0.25, 0.3) is 11.8 Å². The summed E-state index contributed by atoms with van der Waals surface area (Å²) in [7, 11) is 0. The van der Waals surface area contributed by atoms with Gasteiger partial charge in [-0.15, -0.1) is 4.91 Å². The Morgan fingerprint density at radius 3 is 2.75 bits per heavy atom. The smallest absolute Gasteiger partial charge is 0.286 e.